The Morgan fingerprint density at radius 2 is 1.94 bits per heavy atom. The number of halogens is 2. The summed E-state index contributed by atoms with van der Waals surface area (Å²) in [6, 6.07) is 10.6. The van der Waals surface area contributed by atoms with Gasteiger partial charge in [0.25, 0.3) is 5.89 Å². The normalized spacial score (nSPS) is 11.0. The molecular weight excluding hydrogens is 426 g/mol. The molecule has 0 aliphatic rings. The molecule has 1 amide bonds. The van der Waals surface area contributed by atoms with Crippen molar-refractivity contribution in [3.05, 3.63) is 59.7 Å². The summed E-state index contributed by atoms with van der Waals surface area (Å²) in [5, 5.41) is 14.9. The Kier molecular flexibility index (Phi) is 5.76. The lowest BCUT2D eigenvalue weighted by molar-refractivity contribution is -0.113. The van der Waals surface area contributed by atoms with E-state index < -0.39 is 17.5 Å². The quantitative estimate of drug-likeness (QED) is 0.453. The molecule has 158 valence electrons. The second-order valence-electron chi connectivity index (χ2n) is 6.62. The number of thioether (sulfide) groups is 1. The SMILES string of the molecule is Cc1ccc(-c2noc(-c3nnc(SCC(=O)Nc4ccc(F)cc4F)n3C)n2)cc1. The van der Waals surface area contributed by atoms with Crippen LogP contribution in [0.3, 0.4) is 0 Å². The summed E-state index contributed by atoms with van der Waals surface area (Å²) in [6.45, 7) is 1.99. The van der Waals surface area contributed by atoms with Gasteiger partial charge in [0.2, 0.25) is 17.6 Å². The van der Waals surface area contributed by atoms with Gasteiger partial charge in [-0.25, -0.2) is 8.78 Å². The summed E-state index contributed by atoms with van der Waals surface area (Å²) in [4.78, 5) is 16.5. The van der Waals surface area contributed by atoms with Crippen LogP contribution in [0.1, 0.15) is 5.56 Å². The van der Waals surface area contributed by atoms with Crippen molar-refractivity contribution in [3.63, 3.8) is 0 Å². The number of aromatic nitrogens is 5. The van der Waals surface area contributed by atoms with Gasteiger partial charge in [-0.1, -0.05) is 46.7 Å². The van der Waals surface area contributed by atoms with Gasteiger partial charge in [-0.2, -0.15) is 4.98 Å². The van der Waals surface area contributed by atoms with Gasteiger partial charge in [0.15, 0.2) is 5.16 Å². The average molecular weight is 442 g/mol. The van der Waals surface area contributed by atoms with Crippen LogP contribution in [0.5, 0.6) is 0 Å². The summed E-state index contributed by atoms with van der Waals surface area (Å²) >= 11 is 1.09. The molecule has 0 saturated carbocycles. The predicted molar refractivity (Wildman–Crippen MR) is 110 cm³/mol. The maximum atomic E-state index is 13.7. The van der Waals surface area contributed by atoms with Gasteiger partial charge >= 0.3 is 0 Å². The van der Waals surface area contributed by atoms with Crippen LogP contribution in [0.25, 0.3) is 23.1 Å². The lowest BCUT2D eigenvalue weighted by atomic mass is 10.1. The minimum atomic E-state index is -0.847. The van der Waals surface area contributed by atoms with E-state index in [0.29, 0.717) is 22.9 Å². The number of nitrogens with zero attached hydrogens (tertiary/aromatic N) is 5. The molecule has 0 fully saturated rings. The fourth-order valence-corrected chi connectivity index (χ4v) is 3.38. The van der Waals surface area contributed by atoms with E-state index >= 15 is 0 Å². The van der Waals surface area contributed by atoms with Gasteiger partial charge in [-0.05, 0) is 19.1 Å². The molecule has 2 heterocycles. The molecule has 2 aromatic heterocycles. The highest BCUT2D eigenvalue weighted by Gasteiger charge is 2.19. The number of rotatable bonds is 6. The van der Waals surface area contributed by atoms with Crippen LogP contribution in [0, 0.1) is 18.6 Å². The van der Waals surface area contributed by atoms with Crippen LogP contribution >= 0.6 is 11.8 Å². The number of hydrogen-bond donors (Lipinski definition) is 1. The van der Waals surface area contributed by atoms with E-state index in [4.69, 9.17) is 4.52 Å². The maximum Gasteiger partial charge on any atom is 0.296 e. The summed E-state index contributed by atoms with van der Waals surface area (Å²) in [6.07, 6.45) is 0. The smallest absolute Gasteiger partial charge is 0.296 e. The molecule has 0 bridgehead atoms. The van der Waals surface area contributed by atoms with Crippen molar-refractivity contribution in [2.75, 3.05) is 11.1 Å². The van der Waals surface area contributed by atoms with Crippen LogP contribution in [0.4, 0.5) is 14.5 Å². The third-order valence-corrected chi connectivity index (χ3v) is 5.32. The van der Waals surface area contributed by atoms with Crippen molar-refractivity contribution in [3.8, 4) is 23.1 Å². The summed E-state index contributed by atoms with van der Waals surface area (Å²) in [7, 11) is 1.70. The van der Waals surface area contributed by atoms with Crippen LogP contribution in [-0.2, 0) is 11.8 Å². The number of amides is 1. The third kappa shape index (κ3) is 4.61. The third-order valence-electron chi connectivity index (χ3n) is 4.30. The van der Waals surface area contributed by atoms with Gasteiger partial charge < -0.3 is 14.4 Å². The van der Waals surface area contributed by atoms with E-state index in [2.05, 4.69) is 25.7 Å². The monoisotopic (exact) mass is 442 g/mol. The van der Waals surface area contributed by atoms with Gasteiger partial charge in [-0.3, -0.25) is 4.79 Å². The summed E-state index contributed by atoms with van der Waals surface area (Å²) in [5.41, 5.74) is 1.83. The molecule has 31 heavy (non-hydrogen) atoms. The van der Waals surface area contributed by atoms with Crippen molar-refractivity contribution < 1.29 is 18.1 Å². The Hall–Kier alpha value is -3.60. The number of carbonyl (C=O) groups excluding carboxylic acids is 1. The van der Waals surface area contributed by atoms with Crippen LogP contribution in [0.15, 0.2) is 52.1 Å². The first-order chi connectivity index (χ1) is 14.9. The highest BCUT2D eigenvalue weighted by molar-refractivity contribution is 7.99. The molecule has 0 radical (unpaired) electrons. The zero-order chi connectivity index (χ0) is 22.0. The number of anilines is 1. The Morgan fingerprint density at radius 3 is 2.68 bits per heavy atom. The first kappa shape index (κ1) is 20.7. The molecule has 0 atom stereocenters. The predicted octanol–water partition coefficient (Wildman–Crippen LogP) is 3.85. The van der Waals surface area contributed by atoms with Crippen molar-refractivity contribution >= 4 is 23.4 Å². The molecule has 11 heteroatoms. The molecule has 4 aromatic rings. The topological polar surface area (TPSA) is 98.7 Å². The highest BCUT2D eigenvalue weighted by atomic mass is 32.2. The Balaban J connectivity index is 1.42. The lowest BCUT2D eigenvalue weighted by Crippen LogP contribution is -2.15. The molecule has 8 nitrogen and oxygen atoms in total. The van der Waals surface area contributed by atoms with Gasteiger partial charge in [0.1, 0.15) is 11.6 Å². The van der Waals surface area contributed by atoms with Gasteiger partial charge in [0.05, 0.1) is 11.4 Å². The molecular formula is C20H16F2N6O2S. The van der Waals surface area contributed by atoms with E-state index in [9.17, 15) is 13.6 Å². The Morgan fingerprint density at radius 1 is 1.16 bits per heavy atom. The first-order valence-corrected chi connectivity index (χ1v) is 10.1. The van der Waals surface area contributed by atoms with E-state index in [1.54, 1.807) is 11.6 Å². The highest BCUT2D eigenvalue weighted by Crippen LogP contribution is 2.24. The van der Waals surface area contributed by atoms with E-state index in [1.165, 1.54) is 0 Å². The van der Waals surface area contributed by atoms with Crippen LogP contribution in [-0.4, -0.2) is 36.6 Å². The summed E-state index contributed by atoms with van der Waals surface area (Å²) < 4.78 is 33.6. The van der Waals surface area contributed by atoms with Crippen molar-refractivity contribution in [2.24, 2.45) is 7.05 Å². The molecule has 1 N–H and O–H groups in total. The first-order valence-electron chi connectivity index (χ1n) is 9.09. The zero-order valence-electron chi connectivity index (χ0n) is 16.5. The van der Waals surface area contributed by atoms with E-state index in [1.807, 2.05) is 31.2 Å². The number of benzene rings is 2. The Bertz CT molecular complexity index is 1240. The maximum absolute atomic E-state index is 13.7. The van der Waals surface area contributed by atoms with E-state index in [0.717, 1.165) is 35.0 Å². The van der Waals surface area contributed by atoms with Crippen molar-refractivity contribution in [1.29, 1.82) is 0 Å². The van der Waals surface area contributed by atoms with Crippen LogP contribution in [0.2, 0.25) is 0 Å². The minimum absolute atomic E-state index is 0.0543. The fraction of sp³-hybridized carbons (Fsp3) is 0.150. The fourth-order valence-electron chi connectivity index (χ4n) is 2.67. The second-order valence-corrected chi connectivity index (χ2v) is 7.56. The van der Waals surface area contributed by atoms with Gasteiger partial charge in [0, 0.05) is 18.7 Å². The van der Waals surface area contributed by atoms with E-state index in [-0.39, 0.29) is 17.3 Å². The minimum Gasteiger partial charge on any atom is -0.330 e. The van der Waals surface area contributed by atoms with Crippen molar-refractivity contribution in [2.45, 2.75) is 12.1 Å². The zero-order valence-corrected chi connectivity index (χ0v) is 17.3. The van der Waals surface area contributed by atoms with Crippen LogP contribution < -0.4 is 5.32 Å². The number of nitrogens with one attached hydrogen (secondary N) is 1. The van der Waals surface area contributed by atoms with Gasteiger partial charge in [-0.15, -0.1) is 10.2 Å². The average Bonchev–Trinajstić information content (AvgIpc) is 3.36. The Labute approximate surface area is 179 Å². The standard InChI is InChI=1S/C20H16F2N6O2S/c1-11-3-5-12(6-4-11)17-24-19(30-27-17)18-25-26-20(28(18)2)31-10-16(29)23-15-8-7-13(21)9-14(15)22/h3-9H,10H2,1-2H3,(H,23,29). The molecule has 0 aliphatic heterocycles. The molecule has 0 spiro atoms. The largest absolute Gasteiger partial charge is 0.330 e. The molecule has 2 aromatic carbocycles. The van der Waals surface area contributed by atoms with Crippen molar-refractivity contribution in [1.82, 2.24) is 24.9 Å². The molecule has 0 aliphatic carbocycles. The molecule has 0 saturated heterocycles. The summed E-state index contributed by atoms with van der Waals surface area (Å²) in [5.74, 6) is -1.13. The lowest BCUT2D eigenvalue weighted by Gasteiger charge is -2.06. The number of hydrogen-bond acceptors (Lipinski definition) is 7. The second kappa shape index (κ2) is 8.64. The number of aryl methyl sites for hydroxylation is 1. The molecule has 4 rings (SSSR count). The number of carbonyl (C=O) groups is 1. The molecule has 0 unspecified atom stereocenters.